The highest BCUT2D eigenvalue weighted by Crippen LogP contribution is 2.31. The number of hydrogen-bond donors (Lipinski definition) is 2. The number of imidazole rings is 1. The van der Waals surface area contributed by atoms with Crippen LogP contribution in [0.2, 0.25) is 0 Å². The van der Waals surface area contributed by atoms with Crippen molar-refractivity contribution in [2.75, 3.05) is 36.8 Å². The van der Waals surface area contributed by atoms with Crippen molar-refractivity contribution in [1.29, 1.82) is 0 Å². The molecule has 1 saturated heterocycles. The number of anilines is 2. The Bertz CT molecular complexity index is 1030. The van der Waals surface area contributed by atoms with Gasteiger partial charge >= 0.3 is 0 Å². The first kappa shape index (κ1) is 20.5. The zero-order chi connectivity index (χ0) is 21.3. The molecule has 0 spiro atoms. The molecule has 30 heavy (non-hydrogen) atoms. The van der Waals surface area contributed by atoms with Gasteiger partial charge < -0.3 is 20.9 Å². The second kappa shape index (κ2) is 8.53. The van der Waals surface area contributed by atoms with Crippen molar-refractivity contribution in [2.24, 2.45) is 5.73 Å². The monoisotopic (exact) mass is 412 g/mol. The number of nitrogens with two attached hydrogens (primary N) is 2. The number of nitrogens with zero attached hydrogens (tertiary/aromatic N) is 6. The fourth-order valence-electron chi connectivity index (χ4n) is 4.16. The van der Waals surface area contributed by atoms with Gasteiger partial charge in [0, 0.05) is 42.5 Å². The van der Waals surface area contributed by atoms with Crippen LogP contribution in [-0.2, 0) is 13.1 Å². The molecule has 0 saturated carbocycles. The second-order valence-electron chi connectivity index (χ2n) is 7.78. The molecule has 0 radical (unpaired) electrons. The number of halogens is 1. The minimum atomic E-state index is -0.192. The van der Waals surface area contributed by atoms with Crippen LogP contribution in [-0.4, -0.2) is 56.6 Å². The van der Waals surface area contributed by atoms with Gasteiger partial charge in [0.25, 0.3) is 0 Å². The smallest absolute Gasteiger partial charge is 0.165 e. The lowest BCUT2D eigenvalue weighted by Crippen LogP contribution is -2.29. The van der Waals surface area contributed by atoms with E-state index in [0.29, 0.717) is 35.6 Å². The minimum absolute atomic E-state index is 0.135. The van der Waals surface area contributed by atoms with Crippen molar-refractivity contribution in [3.8, 4) is 0 Å². The third-order valence-corrected chi connectivity index (χ3v) is 5.95. The molecule has 1 unspecified atom stereocenters. The maximum Gasteiger partial charge on any atom is 0.165 e. The van der Waals surface area contributed by atoms with Gasteiger partial charge in [0.1, 0.15) is 17.7 Å². The lowest BCUT2D eigenvalue weighted by Gasteiger charge is -2.27. The fourth-order valence-corrected chi connectivity index (χ4v) is 4.16. The Morgan fingerprint density at radius 3 is 2.67 bits per heavy atom. The van der Waals surface area contributed by atoms with Crippen molar-refractivity contribution >= 4 is 22.7 Å². The van der Waals surface area contributed by atoms with E-state index in [9.17, 15) is 0 Å². The highest BCUT2D eigenvalue weighted by Gasteiger charge is 2.25. The van der Waals surface area contributed by atoms with Gasteiger partial charge in [-0.15, -0.1) is 0 Å². The first-order chi connectivity index (χ1) is 14.5. The molecule has 8 nitrogen and oxygen atoms in total. The molecular weight excluding hydrogens is 383 g/mol. The van der Waals surface area contributed by atoms with E-state index in [-0.39, 0.29) is 11.9 Å². The summed E-state index contributed by atoms with van der Waals surface area (Å²) < 4.78 is 17.0. The summed E-state index contributed by atoms with van der Waals surface area (Å²) >= 11 is 0. The van der Waals surface area contributed by atoms with E-state index >= 15 is 4.39 Å². The van der Waals surface area contributed by atoms with Gasteiger partial charge in [-0.25, -0.2) is 19.3 Å². The van der Waals surface area contributed by atoms with Crippen LogP contribution in [0.4, 0.5) is 15.9 Å². The molecule has 1 fully saturated rings. The summed E-state index contributed by atoms with van der Waals surface area (Å²) in [6.45, 7) is 8.51. The molecule has 0 bridgehead atoms. The Morgan fingerprint density at radius 2 is 1.97 bits per heavy atom. The molecule has 9 heteroatoms. The molecule has 1 aliphatic rings. The van der Waals surface area contributed by atoms with Crippen LogP contribution in [0.5, 0.6) is 0 Å². The average molecular weight is 413 g/mol. The third kappa shape index (κ3) is 3.82. The molecule has 1 atom stereocenters. The Hall–Kier alpha value is -2.78. The van der Waals surface area contributed by atoms with E-state index < -0.39 is 0 Å². The molecule has 1 aromatic carbocycles. The van der Waals surface area contributed by atoms with E-state index in [2.05, 4.69) is 38.6 Å². The van der Waals surface area contributed by atoms with Crippen molar-refractivity contribution in [2.45, 2.75) is 39.4 Å². The molecule has 1 aliphatic heterocycles. The predicted molar refractivity (Wildman–Crippen MR) is 117 cm³/mol. The van der Waals surface area contributed by atoms with Gasteiger partial charge in [0.2, 0.25) is 0 Å². The van der Waals surface area contributed by atoms with Gasteiger partial charge in [-0.05, 0) is 31.6 Å². The number of benzene rings is 1. The molecular formula is C21H29FN8. The van der Waals surface area contributed by atoms with Crippen molar-refractivity contribution in [3.63, 3.8) is 0 Å². The summed E-state index contributed by atoms with van der Waals surface area (Å²) in [5.41, 5.74) is 16.0. The summed E-state index contributed by atoms with van der Waals surface area (Å²) in [6, 6.07) is 3.58. The molecule has 3 heterocycles. The van der Waals surface area contributed by atoms with E-state index in [1.807, 2.05) is 10.6 Å². The van der Waals surface area contributed by atoms with Gasteiger partial charge in [-0.2, -0.15) is 0 Å². The van der Waals surface area contributed by atoms with Crippen molar-refractivity contribution in [3.05, 3.63) is 41.7 Å². The fraction of sp³-hybridized carbons (Fsp3) is 0.476. The standard InChI is InChI=1S/C21H29FN8/c1-3-28(4-2)10-15-16(11-30-13-27-19-20(24)25-12-26-21(19)30)18(6-5-17(15)22)29-8-7-14(23)9-29/h5-6,12-14H,3-4,7-11,23H2,1-2H3,(H2,24,25,26). The zero-order valence-electron chi connectivity index (χ0n) is 17.6. The SMILES string of the molecule is CCN(CC)Cc1c(F)ccc(N2CCC(N)C2)c1Cn1cnc2c(N)ncnc21. The molecule has 0 amide bonds. The van der Waals surface area contributed by atoms with Crippen LogP contribution in [0, 0.1) is 5.82 Å². The Labute approximate surface area is 175 Å². The topological polar surface area (TPSA) is 102 Å². The molecule has 4 rings (SSSR count). The summed E-state index contributed by atoms with van der Waals surface area (Å²) in [6.07, 6.45) is 4.06. The Kier molecular flexibility index (Phi) is 5.83. The molecule has 0 aliphatic carbocycles. The van der Waals surface area contributed by atoms with Crippen molar-refractivity contribution < 1.29 is 4.39 Å². The molecule has 160 valence electrons. The Balaban J connectivity index is 1.81. The normalized spacial score (nSPS) is 16.8. The second-order valence-corrected chi connectivity index (χ2v) is 7.78. The van der Waals surface area contributed by atoms with Crippen LogP contribution >= 0.6 is 0 Å². The predicted octanol–water partition coefficient (Wildman–Crippen LogP) is 1.98. The number of hydrogen-bond acceptors (Lipinski definition) is 7. The summed E-state index contributed by atoms with van der Waals surface area (Å²) in [7, 11) is 0. The van der Waals surface area contributed by atoms with Gasteiger partial charge in [-0.3, -0.25) is 4.90 Å². The largest absolute Gasteiger partial charge is 0.382 e. The molecule has 2 aromatic heterocycles. The van der Waals surface area contributed by atoms with Crippen LogP contribution in [0.15, 0.2) is 24.8 Å². The first-order valence-corrected chi connectivity index (χ1v) is 10.5. The van der Waals surface area contributed by atoms with Crippen LogP contribution < -0.4 is 16.4 Å². The van der Waals surface area contributed by atoms with E-state index in [0.717, 1.165) is 43.9 Å². The minimum Gasteiger partial charge on any atom is -0.382 e. The van der Waals surface area contributed by atoms with Gasteiger partial charge in [-0.1, -0.05) is 13.8 Å². The lowest BCUT2D eigenvalue weighted by molar-refractivity contribution is 0.290. The van der Waals surface area contributed by atoms with Crippen LogP contribution in [0.25, 0.3) is 11.2 Å². The number of aromatic nitrogens is 4. The zero-order valence-corrected chi connectivity index (χ0v) is 17.6. The lowest BCUT2D eigenvalue weighted by atomic mass is 10.0. The van der Waals surface area contributed by atoms with E-state index in [4.69, 9.17) is 11.5 Å². The van der Waals surface area contributed by atoms with E-state index in [1.165, 1.54) is 6.33 Å². The summed E-state index contributed by atoms with van der Waals surface area (Å²) in [5, 5.41) is 0. The maximum atomic E-state index is 15.1. The number of nitrogen functional groups attached to an aromatic ring is 1. The number of rotatable bonds is 7. The Morgan fingerprint density at radius 1 is 1.17 bits per heavy atom. The van der Waals surface area contributed by atoms with Gasteiger partial charge in [0.05, 0.1) is 12.9 Å². The van der Waals surface area contributed by atoms with Crippen molar-refractivity contribution in [1.82, 2.24) is 24.4 Å². The van der Waals surface area contributed by atoms with Crippen LogP contribution in [0.3, 0.4) is 0 Å². The third-order valence-electron chi connectivity index (χ3n) is 5.95. The van der Waals surface area contributed by atoms with Gasteiger partial charge in [0.15, 0.2) is 11.5 Å². The highest BCUT2D eigenvalue weighted by molar-refractivity contribution is 5.81. The average Bonchev–Trinajstić information content (AvgIpc) is 3.35. The quantitative estimate of drug-likeness (QED) is 0.612. The molecule has 4 N–H and O–H groups in total. The highest BCUT2D eigenvalue weighted by atomic mass is 19.1. The summed E-state index contributed by atoms with van der Waals surface area (Å²) in [4.78, 5) is 17.2. The maximum absolute atomic E-state index is 15.1. The number of fused-ring (bicyclic) bond motifs is 1. The molecule has 3 aromatic rings. The first-order valence-electron chi connectivity index (χ1n) is 10.5. The summed E-state index contributed by atoms with van der Waals surface area (Å²) in [5.74, 6) is 0.148. The van der Waals surface area contributed by atoms with E-state index in [1.54, 1.807) is 12.4 Å². The van der Waals surface area contributed by atoms with Crippen LogP contribution in [0.1, 0.15) is 31.4 Å².